The fraction of sp³-hybridized carbons (Fsp3) is 0.0952. The van der Waals surface area contributed by atoms with E-state index in [2.05, 4.69) is 10.9 Å². The van der Waals surface area contributed by atoms with Gasteiger partial charge < -0.3 is 9.84 Å². The quantitative estimate of drug-likeness (QED) is 0.478. The number of phenols is 1. The Balaban J connectivity index is 1.61. The normalized spacial score (nSPS) is 11.5. The van der Waals surface area contributed by atoms with Crippen LogP contribution in [0.15, 0.2) is 66.7 Å². The van der Waals surface area contributed by atoms with Gasteiger partial charge in [0.2, 0.25) is 0 Å². The van der Waals surface area contributed by atoms with Crippen LogP contribution in [0.4, 0.5) is 0 Å². The first-order chi connectivity index (χ1) is 13.5. The van der Waals surface area contributed by atoms with E-state index in [1.165, 1.54) is 13.0 Å². The largest absolute Gasteiger partial charge is 0.506 e. The molecular formula is C21H18N2O5. The molecule has 0 heterocycles. The highest BCUT2D eigenvalue weighted by molar-refractivity contribution is 6.02. The van der Waals surface area contributed by atoms with Crippen LogP contribution in [-0.4, -0.2) is 29.0 Å². The Morgan fingerprint density at radius 1 is 0.893 bits per heavy atom. The summed E-state index contributed by atoms with van der Waals surface area (Å²) in [6.07, 6.45) is -1.19. The van der Waals surface area contributed by atoms with Gasteiger partial charge in [-0.1, -0.05) is 48.5 Å². The number of fused-ring (bicyclic) bond motifs is 1. The molecule has 0 bridgehead atoms. The predicted molar refractivity (Wildman–Crippen MR) is 103 cm³/mol. The number of carbonyl (C=O) groups excluding carboxylic acids is 3. The average molecular weight is 378 g/mol. The van der Waals surface area contributed by atoms with E-state index in [9.17, 15) is 19.5 Å². The van der Waals surface area contributed by atoms with E-state index < -0.39 is 23.9 Å². The van der Waals surface area contributed by atoms with Gasteiger partial charge in [0, 0.05) is 10.9 Å². The first-order valence-electron chi connectivity index (χ1n) is 8.54. The van der Waals surface area contributed by atoms with Crippen molar-refractivity contribution in [1.29, 1.82) is 0 Å². The van der Waals surface area contributed by atoms with Crippen molar-refractivity contribution in [3.05, 3.63) is 77.9 Å². The molecule has 3 aromatic carbocycles. The number of aromatic hydroxyl groups is 1. The van der Waals surface area contributed by atoms with Gasteiger partial charge in [-0.15, -0.1) is 0 Å². The topological polar surface area (TPSA) is 105 Å². The Labute approximate surface area is 160 Å². The van der Waals surface area contributed by atoms with E-state index in [4.69, 9.17) is 4.74 Å². The monoisotopic (exact) mass is 378 g/mol. The SMILES string of the molecule is C[C@@H](OC(=O)c1ccc2ccccc2c1O)C(=O)NNC(=O)c1ccccc1. The summed E-state index contributed by atoms with van der Waals surface area (Å²) < 4.78 is 5.10. The molecule has 3 rings (SSSR count). The zero-order valence-electron chi connectivity index (χ0n) is 15.0. The number of benzene rings is 3. The van der Waals surface area contributed by atoms with Gasteiger partial charge in [0.05, 0.1) is 0 Å². The molecule has 0 fully saturated rings. The lowest BCUT2D eigenvalue weighted by Crippen LogP contribution is -2.46. The number of hydrogen-bond donors (Lipinski definition) is 3. The van der Waals surface area contributed by atoms with Gasteiger partial charge >= 0.3 is 5.97 Å². The summed E-state index contributed by atoms with van der Waals surface area (Å²) in [7, 11) is 0. The Kier molecular flexibility index (Phi) is 5.55. The smallest absolute Gasteiger partial charge is 0.342 e. The van der Waals surface area contributed by atoms with Crippen molar-refractivity contribution in [2.24, 2.45) is 0 Å². The molecule has 0 aliphatic rings. The molecule has 0 aromatic heterocycles. The maximum Gasteiger partial charge on any atom is 0.342 e. The molecule has 142 valence electrons. The van der Waals surface area contributed by atoms with Crippen LogP contribution >= 0.6 is 0 Å². The van der Waals surface area contributed by atoms with Gasteiger partial charge in [-0.05, 0) is 30.5 Å². The van der Waals surface area contributed by atoms with Crippen LogP contribution in [0, 0.1) is 0 Å². The molecule has 0 saturated heterocycles. The third-order valence-electron chi connectivity index (χ3n) is 4.11. The van der Waals surface area contributed by atoms with Crippen LogP contribution in [0.25, 0.3) is 10.8 Å². The highest BCUT2D eigenvalue weighted by atomic mass is 16.5. The molecule has 3 aromatic rings. The lowest BCUT2D eigenvalue weighted by Gasteiger charge is -2.15. The summed E-state index contributed by atoms with van der Waals surface area (Å²) in [6.45, 7) is 1.36. The zero-order chi connectivity index (χ0) is 20.1. The van der Waals surface area contributed by atoms with E-state index in [1.54, 1.807) is 54.6 Å². The molecule has 7 heteroatoms. The molecular weight excluding hydrogens is 360 g/mol. The van der Waals surface area contributed by atoms with E-state index in [0.29, 0.717) is 10.9 Å². The van der Waals surface area contributed by atoms with Crippen LogP contribution in [0.1, 0.15) is 27.6 Å². The summed E-state index contributed by atoms with van der Waals surface area (Å²) in [4.78, 5) is 36.3. The maximum absolute atomic E-state index is 12.3. The minimum Gasteiger partial charge on any atom is -0.506 e. The van der Waals surface area contributed by atoms with Gasteiger partial charge in [0.25, 0.3) is 11.8 Å². The summed E-state index contributed by atoms with van der Waals surface area (Å²) in [5.41, 5.74) is 4.77. The van der Waals surface area contributed by atoms with Crippen molar-refractivity contribution < 1.29 is 24.2 Å². The number of phenolic OH excluding ortho intramolecular Hbond substituents is 1. The molecule has 0 unspecified atom stereocenters. The molecule has 7 nitrogen and oxygen atoms in total. The fourth-order valence-corrected chi connectivity index (χ4v) is 2.58. The lowest BCUT2D eigenvalue weighted by molar-refractivity contribution is -0.129. The molecule has 28 heavy (non-hydrogen) atoms. The van der Waals surface area contributed by atoms with Crippen molar-refractivity contribution >= 4 is 28.6 Å². The molecule has 1 atom stereocenters. The number of hydrogen-bond acceptors (Lipinski definition) is 5. The average Bonchev–Trinajstić information content (AvgIpc) is 2.72. The second-order valence-electron chi connectivity index (χ2n) is 6.04. The highest BCUT2D eigenvalue weighted by Gasteiger charge is 2.22. The molecule has 2 amide bonds. The van der Waals surface area contributed by atoms with Crippen molar-refractivity contribution in [3.8, 4) is 5.75 Å². The van der Waals surface area contributed by atoms with Gasteiger partial charge in [-0.25, -0.2) is 4.79 Å². The summed E-state index contributed by atoms with van der Waals surface area (Å²) in [6, 6.07) is 18.5. The Morgan fingerprint density at radius 2 is 1.57 bits per heavy atom. The highest BCUT2D eigenvalue weighted by Crippen LogP contribution is 2.29. The van der Waals surface area contributed by atoms with Crippen LogP contribution in [0.5, 0.6) is 5.75 Å². The fourth-order valence-electron chi connectivity index (χ4n) is 2.58. The van der Waals surface area contributed by atoms with E-state index in [-0.39, 0.29) is 11.3 Å². The molecule has 0 radical (unpaired) electrons. The molecule has 0 aliphatic heterocycles. The van der Waals surface area contributed by atoms with Gasteiger partial charge in [0.15, 0.2) is 6.10 Å². The number of amides is 2. The first kappa shape index (κ1) is 18.9. The number of hydrazine groups is 1. The first-order valence-corrected chi connectivity index (χ1v) is 8.54. The Morgan fingerprint density at radius 3 is 2.32 bits per heavy atom. The summed E-state index contributed by atoms with van der Waals surface area (Å²) in [5.74, 6) is -2.27. The number of ether oxygens (including phenoxy) is 1. The molecule has 0 aliphatic carbocycles. The minimum absolute atomic E-state index is 0.0494. The number of carbonyl (C=O) groups is 3. The second-order valence-corrected chi connectivity index (χ2v) is 6.04. The van der Waals surface area contributed by atoms with E-state index in [0.717, 1.165) is 5.39 Å². The zero-order valence-corrected chi connectivity index (χ0v) is 15.0. The van der Waals surface area contributed by atoms with Crippen molar-refractivity contribution in [2.45, 2.75) is 13.0 Å². The van der Waals surface area contributed by atoms with Crippen molar-refractivity contribution in [1.82, 2.24) is 10.9 Å². The van der Waals surface area contributed by atoms with Crippen LogP contribution in [0.2, 0.25) is 0 Å². The predicted octanol–water partition coefficient (Wildman–Crippen LogP) is 2.55. The summed E-state index contributed by atoms with van der Waals surface area (Å²) in [5, 5.41) is 11.6. The molecule has 0 saturated carbocycles. The Hall–Kier alpha value is -3.87. The summed E-state index contributed by atoms with van der Waals surface area (Å²) >= 11 is 0. The number of rotatable bonds is 4. The second kappa shape index (κ2) is 8.22. The number of nitrogens with one attached hydrogen (secondary N) is 2. The minimum atomic E-state index is -1.19. The van der Waals surface area contributed by atoms with Crippen molar-refractivity contribution in [2.75, 3.05) is 0 Å². The van der Waals surface area contributed by atoms with Gasteiger partial charge in [-0.3, -0.25) is 20.4 Å². The standard InChI is InChI=1S/C21H18N2O5/c1-13(19(25)22-23-20(26)15-8-3-2-4-9-15)28-21(27)17-12-11-14-7-5-6-10-16(14)18(17)24/h2-13,24H,1H3,(H,22,25)(H,23,26)/t13-/m1/s1. The van der Waals surface area contributed by atoms with Crippen LogP contribution in [-0.2, 0) is 9.53 Å². The van der Waals surface area contributed by atoms with Crippen molar-refractivity contribution in [3.63, 3.8) is 0 Å². The van der Waals surface area contributed by atoms with Crippen LogP contribution in [0.3, 0.4) is 0 Å². The van der Waals surface area contributed by atoms with E-state index in [1.807, 2.05) is 6.07 Å². The number of esters is 1. The third kappa shape index (κ3) is 4.09. The molecule has 3 N–H and O–H groups in total. The third-order valence-corrected chi connectivity index (χ3v) is 4.11. The maximum atomic E-state index is 12.3. The van der Waals surface area contributed by atoms with Gasteiger partial charge in [0.1, 0.15) is 11.3 Å². The van der Waals surface area contributed by atoms with Crippen LogP contribution < -0.4 is 10.9 Å². The molecule has 0 spiro atoms. The van der Waals surface area contributed by atoms with E-state index >= 15 is 0 Å². The Bertz CT molecular complexity index is 1030. The van der Waals surface area contributed by atoms with Gasteiger partial charge in [-0.2, -0.15) is 0 Å². The lowest BCUT2D eigenvalue weighted by atomic mass is 10.1.